The fourth-order valence-electron chi connectivity index (χ4n) is 2.27. The summed E-state index contributed by atoms with van der Waals surface area (Å²) < 4.78 is 0. The van der Waals surface area contributed by atoms with Crippen molar-refractivity contribution in [2.75, 3.05) is 5.73 Å². The summed E-state index contributed by atoms with van der Waals surface area (Å²) in [7, 11) is 0. The van der Waals surface area contributed by atoms with Gasteiger partial charge >= 0.3 is 0 Å². The molecule has 0 saturated carbocycles. The van der Waals surface area contributed by atoms with Crippen LogP contribution in [0.4, 0.5) is 5.82 Å². The average Bonchev–Trinajstić information content (AvgIpc) is 2.46. The van der Waals surface area contributed by atoms with Gasteiger partial charge in [-0.1, -0.05) is 49.7 Å². The van der Waals surface area contributed by atoms with Crippen molar-refractivity contribution in [3.8, 4) is 11.4 Å². The Morgan fingerprint density at radius 2 is 1.71 bits per heavy atom. The van der Waals surface area contributed by atoms with Crippen LogP contribution in [0.15, 0.2) is 42.5 Å². The van der Waals surface area contributed by atoms with Gasteiger partial charge in [0.25, 0.3) is 0 Å². The van der Waals surface area contributed by atoms with Crippen LogP contribution in [0.1, 0.15) is 25.3 Å². The Balaban J connectivity index is 2.11. The number of nitrogens with zero attached hydrogens (tertiary/aromatic N) is 2. The first-order valence-electron chi connectivity index (χ1n) is 6.87. The summed E-state index contributed by atoms with van der Waals surface area (Å²) in [6, 6.07) is 13.7. The maximum Gasteiger partial charge on any atom is 0.162 e. The van der Waals surface area contributed by atoms with Crippen LogP contribution in [0.3, 0.4) is 0 Å². The first-order chi connectivity index (χ1) is 10.0. The van der Waals surface area contributed by atoms with Gasteiger partial charge in [0.1, 0.15) is 5.82 Å². The maximum atomic E-state index is 6.03. The van der Waals surface area contributed by atoms with E-state index >= 15 is 0 Å². The molecule has 0 aliphatic rings. The van der Waals surface area contributed by atoms with Gasteiger partial charge in [0.15, 0.2) is 5.82 Å². The van der Waals surface area contributed by atoms with Crippen LogP contribution in [0, 0.1) is 0 Å². The fraction of sp³-hybridized carbons (Fsp3) is 0.176. The van der Waals surface area contributed by atoms with E-state index in [0.29, 0.717) is 22.6 Å². The molecule has 3 rings (SSSR count). The number of halogens is 1. The van der Waals surface area contributed by atoms with E-state index < -0.39 is 0 Å². The van der Waals surface area contributed by atoms with Gasteiger partial charge in [-0.3, -0.25) is 0 Å². The van der Waals surface area contributed by atoms with Gasteiger partial charge in [-0.2, -0.15) is 0 Å². The minimum Gasteiger partial charge on any atom is -0.383 e. The summed E-state index contributed by atoms with van der Waals surface area (Å²) in [5.41, 5.74) is 9.03. The van der Waals surface area contributed by atoms with E-state index in [2.05, 4.69) is 35.9 Å². The van der Waals surface area contributed by atoms with Crippen molar-refractivity contribution in [3.05, 3.63) is 53.1 Å². The number of anilines is 1. The molecule has 0 unspecified atom stereocenters. The first-order valence-corrected chi connectivity index (χ1v) is 7.25. The zero-order chi connectivity index (χ0) is 15.0. The van der Waals surface area contributed by atoms with Crippen molar-refractivity contribution in [1.29, 1.82) is 0 Å². The monoisotopic (exact) mass is 297 g/mol. The van der Waals surface area contributed by atoms with Crippen LogP contribution in [0.2, 0.25) is 5.02 Å². The molecular formula is C17H16ClN3. The topological polar surface area (TPSA) is 51.8 Å². The Bertz CT molecular complexity index is 795. The number of fused-ring (bicyclic) bond motifs is 1. The van der Waals surface area contributed by atoms with Gasteiger partial charge in [0.05, 0.1) is 5.52 Å². The molecule has 0 fully saturated rings. The number of nitrogens with two attached hydrogens (primary N) is 1. The highest BCUT2D eigenvalue weighted by molar-refractivity contribution is 6.31. The lowest BCUT2D eigenvalue weighted by Crippen LogP contribution is -1.98. The predicted molar refractivity (Wildman–Crippen MR) is 88.5 cm³/mol. The summed E-state index contributed by atoms with van der Waals surface area (Å²) >= 11 is 6.02. The van der Waals surface area contributed by atoms with Gasteiger partial charge in [0.2, 0.25) is 0 Å². The summed E-state index contributed by atoms with van der Waals surface area (Å²) in [5, 5.41) is 1.46. The van der Waals surface area contributed by atoms with Crippen molar-refractivity contribution in [3.63, 3.8) is 0 Å². The second-order valence-electron chi connectivity index (χ2n) is 5.37. The van der Waals surface area contributed by atoms with Gasteiger partial charge in [-0.25, -0.2) is 9.97 Å². The number of rotatable bonds is 2. The highest BCUT2D eigenvalue weighted by atomic mass is 35.5. The molecule has 21 heavy (non-hydrogen) atoms. The zero-order valence-corrected chi connectivity index (χ0v) is 12.7. The van der Waals surface area contributed by atoms with Crippen molar-refractivity contribution in [2.24, 2.45) is 0 Å². The number of benzene rings is 2. The lowest BCUT2D eigenvalue weighted by atomic mass is 10.0. The van der Waals surface area contributed by atoms with E-state index in [1.54, 1.807) is 12.1 Å². The van der Waals surface area contributed by atoms with Gasteiger partial charge in [-0.15, -0.1) is 0 Å². The molecule has 0 amide bonds. The molecule has 0 bridgehead atoms. The Kier molecular flexibility index (Phi) is 3.52. The molecule has 0 aliphatic heterocycles. The second kappa shape index (κ2) is 5.34. The predicted octanol–water partition coefficient (Wildman–Crippen LogP) is 4.66. The van der Waals surface area contributed by atoms with E-state index in [-0.39, 0.29) is 0 Å². The Morgan fingerprint density at radius 1 is 1.00 bits per heavy atom. The van der Waals surface area contributed by atoms with Gasteiger partial charge in [-0.05, 0) is 29.7 Å². The molecule has 0 radical (unpaired) electrons. The van der Waals surface area contributed by atoms with Crippen molar-refractivity contribution in [1.82, 2.24) is 9.97 Å². The molecule has 2 aromatic carbocycles. The third-order valence-corrected chi connectivity index (χ3v) is 3.76. The minimum atomic E-state index is 0.472. The normalized spacial score (nSPS) is 11.2. The van der Waals surface area contributed by atoms with E-state index in [9.17, 15) is 0 Å². The molecule has 106 valence electrons. The average molecular weight is 298 g/mol. The van der Waals surface area contributed by atoms with Gasteiger partial charge in [0, 0.05) is 16.0 Å². The fourth-order valence-corrected chi connectivity index (χ4v) is 2.44. The van der Waals surface area contributed by atoms with Crippen LogP contribution >= 0.6 is 11.6 Å². The standard InChI is InChI=1S/C17H16ClN3/c1-10(2)11-3-5-12(6-4-11)17-20-15-9-13(18)7-8-14(15)16(19)21-17/h3-10H,1-2H3,(H2,19,20,21). The number of hydrogen-bond acceptors (Lipinski definition) is 3. The molecule has 0 aliphatic carbocycles. The molecule has 4 heteroatoms. The molecule has 0 spiro atoms. The maximum absolute atomic E-state index is 6.03. The lowest BCUT2D eigenvalue weighted by Gasteiger charge is -2.08. The van der Waals surface area contributed by atoms with Crippen LogP contribution in [0.5, 0.6) is 0 Å². The molecule has 0 saturated heterocycles. The Morgan fingerprint density at radius 3 is 2.38 bits per heavy atom. The minimum absolute atomic E-state index is 0.472. The smallest absolute Gasteiger partial charge is 0.162 e. The summed E-state index contributed by atoms with van der Waals surface area (Å²) in [6.45, 7) is 4.34. The van der Waals surface area contributed by atoms with E-state index in [4.69, 9.17) is 17.3 Å². The third kappa shape index (κ3) is 2.69. The number of hydrogen-bond donors (Lipinski definition) is 1. The molecular weight excluding hydrogens is 282 g/mol. The van der Waals surface area contributed by atoms with Crippen molar-refractivity contribution >= 4 is 28.3 Å². The highest BCUT2D eigenvalue weighted by Gasteiger charge is 2.08. The first kappa shape index (κ1) is 13.8. The Labute approximate surface area is 128 Å². The Hall–Kier alpha value is -2.13. The molecule has 1 aromatic heterocycles. The van der Waals surface area contributed by atoms with Gasteiger partial charge < -0.3 is 5.73 Å². The molecule has 1 heterocycles. The van der Waals surface area contributed by atoms with E-state index in [1.165, 1.54) is 5.56 Å². The molecule has 3 aromatic rings. The van der Waals surface area contributed by atoms with Crippen LogP contribution in [-0.4, -0.2) is 9.97 Å². The summed E-state index contributed by atoms with van der Waals surface area (Å²) in [4.78, 5) is 8.97. The summed E-state index contributed by atoms with van der Waals surface area (Å²) in [5.74, 6) is 1.60. The highest BCUT2D eigenvalue weighted by Crippen LogP contribution is 2.26. The zero-order valence-electron chi connectivity index (χ0n) is 12.0. The SMILES string of the molecule is CC(C)c1ccc(-c2nc(N)c3ccc(Cl)cc3n2)cc1. The van der Waals surface area contributed by atoms with Crippen LogP contribution < -0.4 is 5.73 Å². The van der Waals surface area contributed by atoms with Crippen molar-refractivity contribution < 1.29 is 0 Å². The van der Waals surface area contributed by atoms with Crippen molar-refractivity contribution in [2.45, 2.75) is 19.8 Å². The second-order valence-corrected chi connectivity index (χ2v) is 5.81. The molecule has 2 N–H and O–H groups in total. The third-order valence-electron chi connectivity index (χ3n) is 3.52. The number of aromatic nitrogens is 2. The largest absolute Gasteiger partial charge is 0.383 e. The quantitative estimate of drug-likeness (QED) is 0.748. The molecule has 3 nitrogen and oxygen atoms in total. The van der Waals surface area contributed by atoms with Crippen LogP contribution in [0.25, 0.3) is 22.3 Å². The van der Waals surface area contributed by atoms with E-state index in [1.807, 2.05) is 18.2 Å². The van der Waals surface area contributed by atoms with E-state index in [0.717, 1.165) is 16.5 Å². The van der Waals surface area contributed by atoms with Crippen LogP contribution in [-0.2, 0) is 0 Å². The molecule has 0 atom stereocenters. The number of nitrogen functional groups attached to an aromatic ring is 1. The lowest BCUT2D eigenvalue weighted by molar-refractivity contribution is 0.867. The summed E-state index contributed by atoms with van der Waals surface area (Å²) in [6.07, 6.45) is 0.